The van der Waals surface area contributed by atoms with Crippen molar-refractivity contribution in [3.05, 3.63) is 47.2 Å². The van der Waals surface area contributed by atoms with E-state index in [-0.39, 0.29) is 0 Å². The van der Waals surface area contributed by atoms with Crippen LogP contribution in [0.2, 0.25) is 0 Å². The van der Waals surface area contributed by atoms with Crippen LogP contribution in [0.5, 0.6) is 0 Å². The number of carbonyl (C=O) groups excluding carboxylic acids is 3. The molecule has 0 atom stereocenters. The summed E-state index contributed by atoms with van der Waals surface area (Å²) in [5.74, 6) is -4.44. The number of hydrogen-bond acceptors (Lipinski definition) is 6. The number of esters is 2. The van der Waals surface area contributed by atoms with Gasteiger partial charge in [-0.25, -0.2) is 9.59 Å². The van der Waals surface area contributed by atoms with Gasteiger partial charge in [0.25, 0.3) is 11.7 Å². The molecule has 2 rings (SSSR count). The molecule has 1 amide bonds. The molecule has 7 heteroatoms. The lowest BCUT2D eigenvalue weighted by atomic mass is 10.1. The van der Waals surface area contributed by atoms with Crippen molar-refractivity contribution in [2.24, 2.45) is 0 Å². The first-order valence-corrected chi connectivity index (χ1v) is 6.52. The van der Waals surface area contributed by atoms with Crippen molar-refractivity contribution in [1.82, 2.24) is 5.32 Å². The maximum Gasteiger partial charge on any atom is 0.352 e. The molecule has 0 unspecified atom stereocenters. The normalized spacial score (nSPS) is 16.5. The van der Waals surface area contributed by atoms with E-state index in [4.69, 9.17) is 9.47 Å². The highest BCUT2D eigenvalue weighted by Crippen LogP contribution is 2.23. The minimum atomic E-state index is -1.38. The predicted octanol–water partition coefficient (Wildman–Crippen LogP) is 1.06. The maximum absolute atomic E-state index is 11.8. The fourth-order valence-corrected chi connectivity index (χ4v) is 1.83. The monoisotopic (exact) mass is 305 g/mol. The molecule has 7 nitrogen and oxygen atoms in total. The van der Waals surface area contributed by atoms with Crippen molar-refractivity contribution < 1.29 is 29.0 Å². The van der Waals surface area contributed by atoms with Gasteiger partial charge in [0.2, 0.25) is 0 Å². The lowest BCUT2D eigenvalue weighted by molar-refractivity contribution is -0.222. The average Bonchev–Trinajstić information content (AvgIpc) is 2.43. The van der Waals surface area contributed by atoms with E-state index in [9.17, 15) is 19.5 Å². The first-order valence-electron chi connectivity index (χ1n) is 6.52. The summed E-state index contributed by atoms with van der Waals surface area (Å²) in [5, 5.41) is 12.2. The standard InChI is InChI=1S/C15H15NO6/c1-15(2)21-13(19)11(14(20)22-15)10(17)8-16-12(18)9-6-4-3-5-7-9/h3-7,17H,8H2,1-2H3,(H,16,18). The number of cyclic esters (lactones) is 2. The Morgan fingerprint density at radius 3 is 2.23 bits per heavy atom. The molecule has 0 spiro atoms. The molecule has 1 saturated heterocycles. The van der Waals surface area contributed by atoms with E-state index in [1.165, 1.54) is 13.8 Å². The Morgan fingerprint density at radius 2 is 1.68 bits per heavy atom. The molecule has 116 valence electrons. The van der Waals surface area contributed by atoms with Crippen LogP contribution in [0.1, 0.15) is 24.2 Å². The summed E-state index contributed by atoms with van der Waals surface area (Å²) in [6.45, 7) is 2.40. The van der Waals surface area contributed by atoms with Crippen LogP contribution in [-0.2, 0) is 19.1 Å². The number of amides is 1. The maximum atomic E-state index is 11.8. The first kappa shape index (κ1) is 15.6. The van der Waals surface area contributed by atoms with Crippen molar-refractivity contribution >= 4 is 17.8 Å². The number of hydrogen-bond donors (Lipinski definition) is 2. The van der Waals surface area contributed by atoms with E-state index < -0.39 is 41.5 Å². The van der Waals surface area contributed by atoms with Crippen LogP contribution in [0.15, 0.2) is 41.7 Å². The molecular weight excluding hydrogens is 290 g/mol. The third kappa shape index (κ3) is 3.43. The van der Waals surface area contributed by atoms with Gasteiger partial charge >= 0.3 is 11.9 Å². The van der Waals surface area contributed by atoms with Crippen LogP contribution >= 0.6 is 0 Å². The lowest BCUT2D eigenvalue weighted by Crippen LogP contribution is -2.43. The highest BCUT2D eigenvalue weighted by atomic mass is 16.7. The van der Waals surface area contributed by atoms with Crippen LogP contribution in [0.25, 0.3) is 0 Å². The van der Waals surface area contributed by atoms with Crippen molar-refractivity contribution in [3.8, 4) is 0 Å². The fraction of sp³-hybridized carbons (Fsp3) is 0.267. The summed E-state index contributed by atoms with van der Waals surface area (Å²) in [5.41, 5.74) is -0.233. The number of carbonyl (C=O) groups is 3. The average molecular weight is 305 g/mol. The third-order valence-corrected chi connectivity index (χ3v) is 2.83. The van der Waals surface area contributed by atoms with E-state index in [2.05, 4.69) is 5.32 Å². The number of aliphatic hydroxyl groups excluding tert-OH is 1. The summed E-state index contributed by atoms with van der Waals surface area (Å²) in [4.78, 5) is 35.3. The highest BCUT2D eigenvalue weighted by Gasteiger charge is 2.41. The molecule has 0 aliphatic carbocycles. The summed E-state index contributed by atoms with van der Waals surface area (Å²) < 4.78 is 9.71. The number of benzene rings is 1. The van der Waals surface area contributed by atoms with Gasteiger partial charge in [0.05, 0.1) is 6.54 Å². The zero-order valence-electron chi connectivity index (χ0n) is 12.1. The molecule has 22 heavy (non-hydrogen) atoms. The summed E-state index contributed by atoms with van der Waals surface area (Å²) in [6, 6.07) is 8.30. The number of ether oxygens (including phenoxy) is 2. The molecule has 1 fully saturated rings. The van der Waals surface area contributed by atoms with Crippen molar-refractivity contribution in [3.63, 3.8) is 0 Å². The topological polar surface area (TPSA) is 102 Å². The van der Waals surface area contributed by atoms with Gasteiger partial charge in [-0.3, -0.25) is 4.79 Å². The second-order valence-electron chi connectivity index (χ2n) is 5.05. The van der Waals surface area contributed by atoms with Crippen molar-refractivity contribution in [2.45, 2.75) is 19.6 Å². The molecular formula is C15H15NO6. The van der Waals surface area contributed by atoms with Gasteiger partial charge in [-0.2, -0.15) is 0 Å². The van der Waals surface area contributed by atoms with Gasteiger partial charge in [0.1, 0.15) is 5.76 Å². The third-order valence-electron chi connectivity index (χ3n) is 2.83. The Hall–Kier alpha value is -2.83. The zero-order chi connectivity index (χ0) is 16.3. The Morgan fingerprint density at radius 1 is 1.14 bits per heavy atom. The van der Waals surface area contributed by atoms with Gasteiger partial charge < -0.3 is 19.9 Å². The van der Waals surface area contributed by atoms with E-state index in [1.807, 2.05) is 0 Å². The van der Waals surface area contributed by atoms with Crippen LogP contribution in [0, 0.1) is 0 Å². The Bertz CT molecular complexity index is 625. The molecule has 1 aliphatic rings. The molecule has 0 bridgehead atoms. The molecule has 0 aromatic heterocycles. The van der Waals surface area contributed by atoms with E-state index in [1.54, 1.807) is 30.3 Å². The smallest absolute Gasteiger partial charge is 0.352 e. The predicted molar refractivity (Wildman–Crippen MR) is 74.7 cm³/mol. The molecule has 0 saturated carbocycles. The molecule has 0 radical (unpaired) electrons. The largest absolute Gasteiger partial charge is 0.509 e. The summed E-state index contributed by atoms with van der Waals surface area (Å²) >= 11 is 0. The van der Waals surface area contributed by atoms with Crippen molar-refractivity contribution in [2.75, 3.05) is 6.54 Å². The zero-order valence-corrected chi connectivity index (χ0v) is 12.1. The number of rotatable bonds is 3. The minimum Gasteiger partial charge on any atom is -0.509 e. The van der Waals surface area contributed by atoms with Gasteiger partial charge in [-0.1, -0.05) is 18.2 Å². The van der Waals surface area contributed by atoms with Gasteiger partial charge in [0.15, 0.2) is 5.57 Å². The van der Waals surface area contributed by atoms with Crippen LogP contribution in [0.4, 0.5) is 0 Å². The van der Waals surface area contributed by atoms with E-state index >= 15 is 0 Å². The van der Waals surface area contributed by atoms with Gasteiger partial charge in [0, 0.05) is 19.4 Å². The van der Waals surface area contributed by atoms with E-state index in [0.29, 0.717) is 5.56 Å². The van der Waals surface area contributed by atoms with E-state index in [0.717, 1.165) is 0 Å². The van der Waals surface area contributed by atoms with Crippen LogP contribution in [0.3, 0.4) is 0 Å². The Kier molecular flexibility index (Phi) is 4.16. The SMILES string of the molecule is CC1(C)OC(=O)C(=C(O)CNC(=O)c2ccccc2)C(=O)O1. The fourth-order valence-electron chi connectivity index (χ4n) is 1.83. The van der Waals surface area contributed by atoms with Crippen LogP contribution in [-0.4, -0.2) is 35.3 Å². The molecule has 1 aromatic carbocycles. The molecule has 1 aliphatic heterocycles. The Balaban J connectivity index is 2.08. The summed E-state index contributed by atoms with van der Waals surface area (Å²) in [6.07, 6.45) is 0. The van der Waals surface area contributed by atoms with Crippen molar-refractivity contribution in [1.29, 1.82) is 0 Å². The second-order valence-corrected chi connectivity index (χ2v) is 5.05. The highest BCUT2D eigenvalue weighted by molar-refractivity contribution is 6.15. The Labute approximate surface area is 126 Å². The molecule has 1 heterocycles. The second kappa shape index (κ2) is 5.88. The number of aliphatic hydroxyl groups is 1. The summed E-state index contributed by atoms with van der Waals surface area (Å²) in [7, 11) is 0. The number of nitrogens with one attached hydrogen (secondary N) is 1. The molecule has 2 N–H and O–H groups in total. The molecule has 1 aromatic rings. The van der Waals surface area contributed by atoms with Gasteiger partial charge in [-0.15, -0.1) is 0 Å². The van der Waals surface area contributed by atoms with Crippen LogP contribution < -0.4 is 5.32 Å². The lowest BCUT2D eigenvalue weighted by Gasteiger charge is -2.30. The minimum absolute atomic E-state index is 0.384. The first-order chi connectivity index (χ1) is 10.3. The quantitative estimate of drug-likeness (QED) is 0.375. The van der Waals surface area contributed by atoms with Gasteiger partial charge in [-0.05, 0) is 12.1 Å².